The van der Waals surface area contributed by atoms with E-state index in [9.17, 15) is 4.79 Å². The number of amides is 1. The summed E-state index contributed by atoms with van der Waals surface area (Å²) in [6, 6.07) is 11.5. The molecule has 22 heavy (non-hydrogen) atoms. The summed E-state index contributed by atoms with van der Waals surface area (Å²) in [4.78, 5) is 20.8. The number of carbonyl (C=O) groups excluding carboxylic acids is 1. The maximum absolute atomic E-state index is 12.4. The third-order valence-corrected chi connectivity index (χ3v) is 3.65. The third-order valence-electron chi connectivity index (χ3n) is 3.65. The van der Waals surface area contributed by atoms with Crippen LogP contribution in [0.5, 0.6) is 0 Å². The number of nitrogens with zero attached hydrogens (tertiary/aromatic N) is 3. The van der Waals surface area contributed by atoms with Crippen LogP contribution in [0, 0.1) is 0 Å². The molecule has 0 saturated carbocycles. The van der Waals surface area contributed by atoms with Crippen molar-refractivity contribution in [1.82, 2.24) is 19.9 Å². The van der Waals surface area contributed by atoms with E-state index in [4.69, 9.17) is 0 Å². The lowest BCUT2D eigenvalue weighted by atomic mass is 10.2. The van der Waals surface area contributed by atoms with Crippen LogP contribution in [0.15, 0.2) is 55.1 Å². The van der Waals surface area contributed by atoms with Gasteiger partial charge in [0.05, 0.1) is 11.8 Å². The van der Waals surface area contributed by atoms with Gasteiger partial charge in [-0.15, -0.1) is 0 Å². The SMILES string of the molecule is CC[C@H](Cn1ccnc1)NC(=O)c1ccc2ccccc2n1. The first-order chi connectivity index (χ1) is 10.8. The number of para-hydroxylation sites is 1. The maximum atomic E-state index is 12.4. The molecular formula is C17H18N4O. The van der Waals surface area contributed by atoms with Gasteiger partial charge in [-0.2, -0.15) is 0 Å². The maximum Gasteiger partial charge on any atom is 0.270 e. The Kier molecular flexibility index (Phi) is 4.14. The summed E-state index contributed by atoms with van der Waals surface area (Å²) < 4.78 is 1.96. The van der Waals surface area contributed by atoms with Crippen LogP contribution in [0.4, 0.5) is 0 Å². The minimum Gasteiger partial charge on any atom is -0.346 e. The molecule has 3 rings (SSSR count). The van der Waals surface area contributed by atoms with Crippen LogP contribution in [0.1, 0.15) is 23.8 Å². The van der Waals surface area contributed by atoms with E-state index in [1.807, 2.05) is 41.1 Å². The Hall–Kier alpha value is -2.69. The smallest absolute Gasteiger partial charge is 0.270 e. The fourth-order valence-corrected chi connectivity index (χ4v) is 2.38. The van der Waals surface area contributed by atoms with Crippen LogP contribution >= 0.6 is 0 Å². The van der Waals surface area contributed by atoms with Gasteiger partial charge >= 0.3 is 0 Å². The average molecular weight is 294 g/mol. The number of fused-ring (bicyclic) bond motifs is 1. The fraction of sp³-hybridized carbons (Fsp3) is 0.235. The summed E-state index contributed by atoms with van der Waals surface area (Å²) in [6.45, 7) is 2.76. The number of hydrogen-bond acceptors (Lipinski definition) is 3. The lowest BCUT2D eigenvalue weighted by Gasteiger charge is -2.17. The topological polar surface area (TPSA) is 59.8 Å². The third kappa shape index (κ3) is 3.14. The molecule has 1 aromatic carbocycles. The van der Waals surface area contributed by atoms with E-state index in [1.54, 1.807) is 18.6 Å². The second-order valence-corrected chi connectivity index (χ2v) is 5.23. The summed E-state index contributed by atoms with van der Waals surface area (Å²) in [6.07, 6.45) is 6.23. The van der Waals surface area contributed by atoms with Crippen molar-refractivity contribution >= 4 is 16.8 Å². The normalized spacial score (nSPS) is 12.2. The molecule has 2 heterocycles. The zero-order chi connectivity index (χ0) is 15.4. The van der Waals surface area contributed by atoms with Crippen molar-refractivity contribution < 1.29 is 4.79 Å². The van der Waals surface area contributed by atoms with Gasteiger partial charge in [-0.1, -0.05) is 31.2 Å². The molecule has 0 radical (unpaired) electrons. The fourth-order valence-electron chi connectivity index (χ4n) is 2.38. The number of pyridine rings is 1. The van der Waals surface area contributed by atoms with Gasteiger partial charge in [-0.3, -0.25) is 4.79 Å². The summed E-state index contributed by atoms with van der Waals surface area (Å²) in [5.74, 6) is -0.141. The summed E-state index contributed by atoms with van der Waals surface area (Å²) in [5.41, 5.74) is 1.28. The van der Waals surface area contributed by atoms with Crippen molar-refractivity contribution in [3.8, 4) is 0 Å². The lowest BCUT2D eigenvalue weighted by Crippen LogP contribution is -2.37. The van der Waals surface area contributed by atoms with Crippen LogP contribution in [0.2, 0.25) is 0 Å². The Morgan fingerprint density at radius 2 is 2.14 bits per heavy atom. The molecule has 0 bridgehead atoms. The Balaban J connectivity index is 1.73. The Labute approximate surface area is 129 Å². The van der Waals surface area contributed by atoms with Crippen molar-refractivity contribution in [2.24, 2.45) is 0 Å². The van der Waals surface area contributed by atoms with E-state index in [0.29, 0.717) is 12.2 Å². The average Bonchev–Trinajstić information content (AvgIpc) is 3.06. The molecule has 5 heteroatoms. The van der Waals surface area contributed by atoms with Gasteiger partial charge in [0.15, 0.2) is 0 Å². The van der Waals surface area contributed by atoms with Crippen molar-refractivity contribution in [2.75, 3.05) is 0 Å². The van der Waals surface area contributed by atoms with E-state index < -0.39 is 0 Å². The standard InChI is InChI=1S/C17H18N4O/c1-2-14(11-21-10-9-18-12-21)19-17(22)16-8-7-13-5-3-4-6-15(13)20-16/h3-10,12,14H,2,11H2,1H3,(H,19,22)/t14-/m1/s1. The van der Waals surface area contributed by atoms with Crippen LogP contribution in [-0.2, 0) is 6.54 Å². The van der Waals surface area contributed by atoms with Crippen LogP contribution < -0.4 is 5.32 Å². The second-order valence-electron chi connectivity index (χ2n) is 5.23. The molecule has 2 aromatic heterocycles. The Morgan fingerprint density at radius 1 is 1.27 bits per heavy atom. The van der Waals surface area contributed by atoms with E-state index in [0.717, 1.165) is 17.3 Å². The van der Waals surface area contributed by atoms with E-state index in [-0.39, 0.29) is 11.9 Å². The quantitative estimate of drug-likeness (QED) is 0.787. The minimum absolute atomic E-state index is 0.0509. The Morgan fingerprint density at radius 3 is 2.91 bits per heavy atom. The van der Waals surface area contributed by atoms with Gasteiger partial charge < -0.3 is 9.88 Å². The number of benzene rings is 1. The Bertz CT molecular complexity index is 767. The molecule has 0 saturated heterocycles. The van der Waals surface area contributed by atoms with Crippen molar-refractivity contribution in [3.63, 3.8) is 0 Å². The molecule has 0 spiro atoms. The predicted molar refractivity (Wildman–Crippen MR) is 85.5 cm³/mol. The van der Waals surface area contributed by atoms with Gasteiger partial charge in [0.25, 0.3) is 5.91 Å². The number of nitrogens with one attached hydrogen (secondary N) is 1. The number of hydrogen-bond donors (Lipinski definition) is 1. The molecule has 3 aromatic rings. The lowest BCUT2D eigenvalue weighted by molar-refractivity contribution is 0.0927. The van der Waals surface area contributed by atoms with E-state index in [1.165, 1.54) is 0 Å². The largest absolute Gasteiger partial charge is 0.346 e. The number of rotatable bonds is 5. The number of aromatic nitrogens is 3. The summed E-state index contributed by atoms with van der Waals surface area (Å²) >= 11 is 0. The first-order valence-corrected chi connectivity index (χ1v) is 7.38. The molecular weight excluding hydrogens is 276 g/mol. The van der Waals surface area contributed by atoms with Gasteiger partial charge in [0.2, 0.25) is 0 Å². The minimum atomic E-state index is -0.141. The molecule has 0 aliphatic rings. The highest BCUT2D eigenvalue weighted by Gasteiger charge is 2.14. The van der Waals surface area contributed by atoms with Gasteiger partial charge in [0.1, 0.15) is 5.69 Å². The molecule has 5 nitrogen and oxygen atoms in total. The second kappa shape index (κ2) is 6.39. The van der Waals surface area contributed by atoms with E-state index >= 15 is 0 Å². The zero-order valence-electron chi connectivity index (χ0n) is 12.4. The first-order valence-electron chi connectivity index (χ1n) is 7.38. The molecule has 1 amide bonds. The summed E-state index contributed by atoms with van der Waals surface area (Å²) in [7, 11) is 0. The molecule has 1 atom stereocenters. The highest BCUT2D eigenvalue weighted by molar-refractivity contribution is 5.95. The monoisotopic (exact) mass is 294 g/mol. The number of imidazole rings is 1. The molecule has 1 N–H and O–H groups in total. The predicted octanol–water partition coefficient (Wildman–Crippen LogP) is 2.64. The van der Waals surface area contributed by atoms with Gasteiger partial charge in [-0.25, -0.2) is 9.97 Å². The first kappa shape index (κ1) is 14.3. The molecule has 0 aliphatic heterocycles. The van der Waals surface area contributed by atoms with Crippen molar-refractivity contribution in [1.29, 1.82) is 0 Å². The van der Waals surface area contributed by atoms with Gasteiger partial charge in [0, 0.05) is 30.4 Å². The summed E-state index contributed by atoms with van der Waals surface area (Å²) in [5, 5.41) is 4.07. The van der Waals surface area contributed by atoms with Crippen LogP contribution in [-0.4, -0.2) is 26.5 Å². The van der Waals surface area contributed by atoms with Gasteiger partial charge in [-0.05, 0) is 18.6 Å². The molecule has 112 valence electrons. The molecule has 0 fully saturated rings. The highest BCUT2D eigenvalue weighted by atomic mass is 16.1. The van der Waals surface area contributed by atoms with Crippen LogP contribution in [0.3, 0.4) is 0 Å². The molecule has 0 aliphatic carbocycles. The number of carbonyl (C=O) groups is 1. The molecule has 0 unspecified atom stereocenters. The van der Waals surface area contributed by atoms with Crippen LogP contribution in [0.25, 0.3) is 10.9 Å². The van der Waals surface area contributed by atoms with E-state index in [2.05, 4.69) is 22.2 Å². The van der Waals surface area contributed by atoms with Crippen molar-refractivity contribution in [3.05, 3.63) is 60.8 Å². The van der Waals surface area contributed by atoms with Crippen molar-refractivity contribution in [2.45, 2.75) is 25.9 Å². The zero-order valence-corrected chi connectivity index (χ0v) is 12.4. The highest BCUT2D eigenvalue weighted by Crippen LogP contribution is 2.12.